The molecule has 0 N–H and O–H groups in total. The van der Waals surface area contributed by atoms with Gasteiger partial charge in [-0.3, -0.25) is 24.2 Å². The monoisotopic (exact) mass is 465 g/mol. The molecule has 2 fully saturated rings. The number of anilines is 1. The molecule has 1 atom stereocenters. The second-order valence-corrected chi connectivity index (χ2v) is 9.97. The van der Waals surface area contributed by atoms with Gasteiger partial charge in [-0.15, -0.1) is 22.7 Å². The third-order valence-corrected chi connectivity index (χ3v) is 7.84. The fourth-order valence-corrected chi connectivity index (χ4v) is 5.72. The second-order valence-electron chi connectivity index (χ2n) is 7.99. The highest BCUT2D eigenvalue weighted by Crippen LogP contribution is 2.25. The smallest absolute Gasteiger partial charge is 0.247 e. The van der Waals surface area contributed by atoms with Gasteiger partial charge in [0, 0.05) is 42.3 Å². The third kappa shape index (κ3) is 4.13. The number of carbonyl (C=O) groups is 3. The maximum absolute atomic E-state index is 12.9. The molecule has 164 valence electrons. The zero-order valence-electron chi connectivity index (χ0n) is 17.5. The molecule has 2 aliphatic rings. The van der Waals surface area contributed by atoms with Gasteiger partial charge in [0.15, 0.2) is 0 Å². The maximum atomic E-state index is 12.9. The molecule has 1 aromatic carbocycles. The number of imide groups is 1. The highest BCUT2D eigenvalue weighted by molar-refractivity contribution is 7.12. The highest BCUT2D eigenvalue weighted by atomic mass is 32.1. The number of hydrogen-bond donors (Lipinski definition) is 0. The van der Waals surface area contributed by atoms with Gasteiger partial charge < -0.3 is 4.90 Å². The largest absolute Gasteiger partial charge is 0.369 e. The van der Waals surface area contributed by atoms with Gasteiger partial charge in [0.1, 0.15) is 0 Å². The number of nitrogens with zero attached hydrogens (tertiary/aromatic N) is 3. The Hall–Kier alpha value is -2.81. The van der Waals surface area contributed by atoms with Crippen molar-refractivity contribution in [2.75, 3.05) is 31.1 Å². The number of benzene rings is 1. The summed E-state index contributed by atoms with van der Waals surface area (Å²) in [7, 11) is 0. The van der Waals surface area contributed by atoms with E-state index >= 15 is 0 Å². The van der Waals surface area contributed by atoms with Crippen molar-refractivity contribution in [2.24, 2.45) is 0 Å². The van der Waals surface area contributed by atoms with Crippen LogP contribution < -0.4 is 4.90 Å². The number of thiophene rings is 2. The first-order chi connectivity index (χ1) is 15.6. The Labute approximate surface area is 194 Å². The van der Waals surface area contributed by atoms with E-state index in [0.717, 1.165) is 41.6 Å². The van der Waals surface area contributed by atoms with E-state index in [1.165, 1.54) is 16.2 Å². The molecule has 4 heterocycles. The zero-order valence-corrected chi connectivity index (χ0v) is 19.1. The van der Waals surface area contributed by atoms with Gasteiger partial charge in [0.05, 0.1) is 23.9 Å². The first kappa shape index (κ1) is 21.1. The number of hydrogen-bond acceptors (Lipinski definition) is 7. The Balaban J connectivity index is 1.19. The molecule has 32 heavy (non-hydrogen) atoms. The minimum Gasteiger partial charge on any atom is -0.369 e. The number of amides is 2. The van der Waals surface area contributed by atoms with Crippen LogP contribution in [0.4, 0.5) is 5.69 Å². The summed E-state index contributed by atoms with van der Waals surface area (Å²) in [6.07, 6.45) is 0.268. The number of likely N-dealkylation sites (tertiary alicyclic amines) is 1. The normalized spacial score (nSPS) is 19.7. The zero-order chi connectivity index (χ0) is 22.1. The standard InChI is InChI=1S/C24H23N3O3S2/c28-22-15-20(24(30)27(22)16-19-3-1-13-31-19)26-11-9-25(10-12-26)18-7-5-17(6-8-18)23(29)21-4-2-14-32-21/h1-8,13-14,20H,9-12,15-16H2/t20-/m1/s1. The molecule has 0 unspecified atom stereocenters. The predicted octanol–water partition coefficient (Wildman–Crippen LogP) is 3.49. The van der Waals surface area contributed by atoms with Crippen molar-refractivity contribution in [1.82, 2.24) is 9.80 Å². The molecule has 0 saturated carbocycles. The number of carbonyl (C=O) groups excluding carboxylic acids is 3. The minimum atomic E-state index is -0.351. The number of ketones is 1. The van der Waals surface area contributed by atoms with Gasteiger partial charge in [-0.05, 0) is 47.2 Å². The van der Waals surface area contributed by atoms with Crippen LogP contribution in [0.1, 0.15) is 26.5 Å². The second kappa shape index (κ2) is 8.97. The molecule has 2 saturated heterocycles. The Kier molecular flexibility index (Phi) is 5.91. The fraction of sp³-hybridized carbons (Fsp3) is 0.292. The summed E-state index contributed by atoms with van der Waals surface area (Å²) in [5, 5.41) is 3.87. The Morgan fingerprint density at radius 1 is 0.906 bits per heavy atom. The molecule has 2 aliphatic heterocycles. The molecule has 8 heteroatoms. The SMILES string of the molecule is O=C(c1ccc(N2CCN([C@@H]3CC(=O)N(Cc4cccs4)C3=O)CC2)cc1)c1cccs1. The Bertz CT molecular complexity index is 1100. The van der Waals surface area contributed by atoms with Crippen molar-refractivity contribution in [1.29, 1.82) is 0 Å². The summed E-state index contributed by atoms with van der Waals surface area (Å²) >= 11 is 3.02. The lowest BCUT2D eigenvalue weighted by Crippen LogP contribution is -2.52. The van der Waals surface area contributed by atoms with Crippen LogP contribution in [-0.2, 0) is 16.1 Å². The average Bonchev–Trinajstić information content (AvgIpc) is 3.59. The van der Waals surface area contributed by atoms with Crippen LogP contribution in [-0.4, -0.2) is 59.6 Å². The molecular weight excluding hydrogens is 442 g/mol. The van der Waals surface area contributed by atoms with Crippen LogP contribution in [0.25, 0.3) is 0 Å². The summed E-state index contributed by atoms with van der Waals surface area (Å²) < 4.78 is 0. The molecule has 0 radical (unpaired) electrons. The molecule has 2 amide bonds. The van der Waals surface area contributed by atoms with E-state index < -0.39 is 0 Å². The van der Waals surface area contributed by atoms with Crippen LogP contribution in [0.15, 0.2) is 59.3 Å². The van der Waals surface area contributed by atoms with Crippen molar-refractivity contribution in [3.05, 3.63) is 74.6 Å². The van der Waals surface area contributed by atoms with Crippen LogP contribution in [0.3, 0.4) is 0 Å². The van der Waals surface area contributed by atoms with E-state index in [1.54, 1.807) is 11.3 Å². The van der Waals surface area contributed by atoms with Gasteiger partial charge >= 0.3 is 0 Å². The van der Waals surface area contributed by atoms with Crippen molar-refractivity contribution < 1.29 is 14.4 Å². The van der Waals surface area contributed by atoms with Crippen LogP contribution in [0, 0.1) is 0 Å². The molecule has 6 nitrogen and oxygen atoms in total. The summed E-state index contributed by atoms with van der Waals surface area (Å²) in [6.45, 7) is 3.39. The van der Waals surface area contributed by atoms with E-state index in [4.69, 9.17) is 0 Å². The summed E-state index contributed by atoms with van der Waals surface area (Å²) in [6, 6.07) is 15.0. The molecule has 2 aromatic heterocycles. The minimum absolute atomic E-state index is 0.0490. The van der Waals surface area contributed by atoms with Crippen molar-refractivity contribution in [3.8, 4) is 0 Å². The predicted molar refractivity (Wildman–Crippen MR) is 126 cm³/mol. The number of piperazine rings is 1. The van der Waals surface area contributed by atoms with Gasteiger partial charge in [0.25, 0.3) is 0 Å². The molecule has 3 aromatic rings. The first-order valence-corrected chi connectivity index (χ1v) is 12.4. The lowest BCUT2D eigenvalue weighted by molar-refractivity contribution is -0.140. The Morgan fingerprint density at radius 2 is 1.62 bits per heavy atom. The molecule has 5 rings (SSSR count). The van der Waals surface area contributed by atoms with Crippen LogP contribution in [0.5, 0.6) is 0 Å². The van der Waals surface area contributed by atoms with Crippen LogP contribution in [0.2, 0.25) is 0 Å². The fourth-order valence-electron chi connectivity index (χ4n) is 4.34. The van der Waals surface area contributed by atoms with Crippen molar-refractivity contribution in [3.63, 3.8) is 0 Å². The van der Waals surface area contributed by atoms with Gasteiger partial charge in [-0.25, -0.2) is 0 Å². The van der Waals surface area contributed by atoms with E-state index in [9.17, 15) is 14.4 Å². The lowest BCUT2D eigenvalue weighted by atomic mass is 10.1. The summed E-state index contributed by atoms with van der Waals surface area (Å²) in [4.78, 5) is 45.5. The first-order valence-electron chi connectivity index (χ1n) is 10.6. The molecule has 0 bridgehead atoms. The molecular formula is C24H23N3O3S2. The van der Waals surface area contributed by atoms with Gasteiger partial charge in [0.2, 0.25) is 17.6 Å². The summed E-state index contributed by atoms with van der Waals surface area (Å²) in [5.74, 6) is -0.108. The third-order valence-electron chi connectivity index (χ3n) is 6.11. The highest BCUT2D eigenvalue weighted by Gasteiger charge is 2.42. The van der Waals surface area contributed by atoms with Crippen molar-refractivity contribution in [2.45, 2.75) is 19.0 Å². The van der Waals surface area contributed by atoms with Gasteiger partial charge in [-0.1, -0.05) is 12.1 Å². The Morgan fingerprint density at radius 3 is 2.28 bits per heavy atom. The van der Waals surface area contributed by atoms with Gasteiger partial charge in [-0.2, -0.15) is 0 Å². The maximum Gasteiger partial charge on any atom is 0.247 e. The van der Waals surface area contributed by atoms with E-state index in [2.05, 4.69) is 9.80 Å². The van der Waals surface area contributed by atoms with Crippen molar-refractivity contribution >= 4 is 46.0 Å². The quantitative estimate of drug-likeness (QED) is 0.412. The van der Waals surface area contributed by atoms with E-state index in [-0.39, 0.29) is 30.1 Å². The summed E-state index contributed by atoms with van der Waals surface area (Å²) in [5.41, 5.74) is 1.76. The van der Waals surface area contributed by atoms with E-state index in [0.29, 0.717) is 12.1 Å². The number of rotatable bonds is 6. The van der Waals surface area contributed by atoms with Crippen LogP contribution >= 0.6 is 22.7 Å². The van der Waals surface area contributed by atoms with E-state index in [1.807, 2.05) is 59.3 Å². The molecule has 0 aliphatic carbocycles. The topological polar surface area (TPSA) is 60.9 Å². The molecule has 0 spiro atoms. The lowest BCUT2D eigenvalue weighted by Gasteiger charge is -2.38. The average molecular weight is 466 g/mol.